The number of carboxylic acids is 1. The predicted molar refractivity (Wildman–Crippen MR) is 78.8 cm³/mol. The molecule has 0 unspecified atom stereocenters. The first-order valence-corrected chi connectivity index (χ1v) is 7.72. The van der Waals surface area contributed by atoms with Crippen molar-refractivity contribution < 1.29 is 14.7 Å². The average molecular weight is 293 g/mol. The molecule has 1 N–H and O–H groups in total. The molecule has 1 aromatic carbocycles. The summed E-state index contributed by atoms with van der Waals surface area (Å²) in [4.78, 5) is 25.3. The molecular weight excluding hydrogens is 274 g/mol. The maximum atomic E-state index is 11.9. The number of carboxylic acid groups (broad SMARTS) is 1. The largest absolute Gasteiger partial charge is 0.481 e. The Labute approximate surface area is 123 Å². The van der Waals surface area contributed by atoms with Crippen LogP contribution in [-0.4, -0.2) is 40.7 Å². The van der Waals surface area contributed by atoms with Gasteiger partial charge in [0, 0.05) is 36.1 Å². The lowest BCUT2D eigenvalue weighted by molar-refractivity contribution is -0.144. The van der Waals surface area contributed by atoms with E-state index in [2.05, 4.69) is 31.2 Å². The van der Waals surface area contributed by atoms with E-state index in [1.807, 2.05) is 0 Å². The molecule has 1 amide bonds. The zero-order valence-electron chi connectivity index (χ0n) is 11.5. The quantitative estimate of drug-likeness (QED) is 0.818. The van der Waals surface area contributed by atoms with Crippen molar-refractivity contribution in [2.24, 2.45) is 5.92 Å². The van der Waals surface area contributed by atoms with Crippen molar-refractivity contribution in [1.29, 1.82) is 0 Å². The number of hydrogen-bond donors (Lipinski definition) is 1. The topological polar surface area (TPSA) is 57.6 Å². The van der Waals surface area contributed by atoms with Gasteiger partial charge in [0.1, 0.15) is 0 Å². The van der Waals surface area contributed by atoms with E-state index in [4.69, 9.17) is 5.11 Å². The highest BCUT2D eigenvalue weighted by Gasteiger charge is 2.31. The van der Waals surface area contributed by atoms with Gasteiger partial charge in [-0.15, -0.1) is 11.8 Å². The lowest BCUT2D eigenvalue weighted by Crippen LogP contribution is -2.50. The number of aryl methyl sites for hydroxylation is 1. The summed E-state index contributed by atoms with van der Waals surface area (Å²) >= 11 is 1.68. The summed E-state index contributed by atoms with van der Waals surface area (Å²) < 4.78 is 0. The van der Waals surface area contributed by atoms with Crippen molar-refractivity contribution in [3.63, 3.8) is 0 Å². The molecule has 1 saturated heterocycles. The molecule has 1 aromatic rings. The molecule has 1 aliphatic heterocycles. The highest BCUT2D eigenvalue weighted by Crippen LogP contribution is 2.22. The Kier molecular flexibility index (Phi) is 5.06. The molecule has 1 heterocycles. The third kappa shape index (κ3) is 4.27. The summed E-state index contributed by atoms with van der Waals surface area (Å²) in [6.45, 7) is 3.25. The molecule has 0 saturated carbocycles. The maximum Gasteiger partial charge on any atom is 0.303 e. The Bertz CT molecular complexity index is 480. The Morgan fingerprint density at radius 3 is 2.55 bits per heavy atom. The van der Waals surface area contributed by atoms with Crippen LogP contribution < -0.4 is 0 Å². The fraction of sp³-hybridized carbons (Fsp3) is 0.467. The SMILES string of the molecule is Cc1ccc(SCCC(=O)N2CC(CC(=O)O)C2)cc1. The van der Waals surface area contributed by atoms with Crippen LogP contribution in [0, 0.1) is 12.8 Å². The number of rotatable bonds is 6. The Balaban J connectivity index is 1.64. The second kappa shape index (κ2) is 6.79. The summed E-state index contributed by atoms with van der Waals surface area (Å²) in [5, 5.41) is 8.65. The van der Waals surface area contributed by atoms with Gasteiger partial charge in [-0.2, -0.15) is 0 Å². The molecule has 4 nitrogen and oxygen atoms in total. The minimum atomic E-state index is -0.781. The maximum absolute atomic E-state index is 11.9. The van der Waals surface area contributed by atoms with Gasteiger partial charge in [-0.3, -0.25) is 9.59 Å². The minimum Gasteiger partial charge on any atom is -0.481 e. The molecule has 1 fully saturated rings. The molecule has 0 aliphatic carbocycles. The standard InChI is InChI=1S/C15H19NO3S/c1-11-2-4-13(5-3-11)20-7-6-14(17)16-9-12(10-16)8-15(18)19/h2-5,12H,6-10H2,1H3,(H,18,19). The van der Waals surface area contributed by atoms with E-state index in [0.29, 0.717) is 19.5 Å². The number of hydrogen-bond acceptors (Lipinski definition) is 3. The molecule has 5 heteroatoms. The first kappa shape index (κ1) is 14.9. The highest BCUT2D eigenvalue weighted by molar-refractivity contribution is 7.99. The number of nitrogens with zero attached hydrogens (tertiary/aromatic N) is 1. The van der Waals surface area contributed by atoms with Crippen LogP contribution in [0.15, 0.2) is 29.2 Å². The normalized spacial score (nSPS) is 14.9. The van der Waals surface area contributed by atoms with Crippen LogP contribution in [-0.2, 0) is 9.59 Å². The van der Waals surface area contributed by atoms with Gasteiger partial charge in [0.05, 0.1) is 6.42 Å². The number of likely N-dealkylation sites (tertiary alicyclic amines) is 1. The molecule has 0 bridgehead atoms. The molecule has 0 radical (unpaired) electrons. The zero-order chi connectivity index (χ0) is 14.5. The molecule has 0 atom stereocenters. The second-order valence-electron chi connectivity index (χ2n) is 5.17. The van der Waals surface area contributed by atoms with Crippen molar-refractivity contribution in [3.05, 3.63) is 29.8 Å². The Morgan fingerprint density at radius 1 is 1.30 bits per heavy atom. The monoisotopic (exact) mass is 293 g/mol. The molecule has 108 valence electrons. The number of carbonyl (C=O) groups is 2. The van der Waals surface area contributed by atoms with Gasteiger partial charge in [0.25, 0.3) is 0 Å². The van der Waals surface area contributed by atoms with Crippen molar-refractivity contribution in [2.45, 2.75) is 24.7 Å². The number of carbonyl (C=O) groups excluding carboxylic acids is 1. The number of aliphatic carboxylic acids is 1. The van der Waals surface area contributed by atoms with Crippen molar-refractivity contribution in [2.75, 3.05) is 18.8 Å². The van der Waals surface area contributed by atoms with E-state index >= 15 is 0 Å². The van der Waals surface area contributed by atoms with Crippen LogP contribution in [0.2, 0.25) is 0 Å². The van der Waals surface area contributed by atoms with Crippen molar-refractivity contribution in [3.8, 4) is 0 Å². The average Bonchev–Trinajstić information content (AvgIpc) is 2.35. The van der Waals surface area contributed by atoms with E-state index in [0.717, 1.165) is 5.75 Å². The molecule has 2 rings (SSSR count). The Morgan fingerprint density at radius 2 is 1.95 bits per heavy atom. The summed E-state index contributed by atoms with van der Waals surface area (Å²) in [7, 11) is 0. The summed E-state index contributed by atoms with van der Waals surface area (Å²) in [6, 6.07) is 8.26. The van der Waals surface area contributed by atoms with Gasteiger partial charge in [-0.1, -0.05) is 17.7 Å². The van der Waals surface area contributed by atoms with Crippen molar-refractivity contribution >= 4 is 23.6 Å². The van der Waals surface area contributed by atoms with E-state index in [1.54, 1.807) is 16.7 Å². The van der Waals surface area contributed by atoms with Crippen LogP contribution in [0.25, 0.3) is 0 Å². The summed E-state index contributed by atoms with van der Waals surface area (Å²) in [5.41, 5.74) is 1.23. The number of amides is 1. The number of thioether (sulfide) groups is 1. The van der Waals surface area contributed by atoms with Crippen LogP contribution in [0.5, 0.6) is 0 Å². The van der Waals surface area contributed by atoms with E-state index < -0.39 is 5.97 Å². The predicted octanol–water partition coefficient (Wildman–Crippen LogP) is 2.41. The lowest BCUT2D eigenvalue weighted by Gasteiger charge is -2.38. The number of benzene rings is 1. The summed E-state index contributed by atoms with van der Waals surface area (Å²) in [6.07, 6.45) is 0.681. The van der Waals surface area contributed by atoms with Gasteiger partial charge in [-0.25, -0.2) is 0 Å². The van der Waals surface area contributed by atoms with Gasteiger partial charge in [0.15, 0.2) is 0 Å². The Hall–Kier alpha value is -1.49. The van der Waals surface area contributed by atoms with Crippen LogP contribution >= 0.6 is 11.8 Å². The molecule has 1 aliphatic rings. The van der Waals surface area contributed by atoms with E-state index in [9.17, 15) is 9.59 Å². The highest BCUT2D eigenvalue weighted by atomic mass is 32.2. The fourth-order valence-electron chi connectivity index (χ4n) is 2.20. The third-order valence-electron chi connectivity index (χ3n) is 3.38. The van der Waals surface area contributed by atoms with Gasteiger partial charge < -0.3 is 10.0 Å². The van der Waals surface area contributed by atoms with Crippen LogP contribution in [0.1, 0.15) is 18.4 Å². The zero-order valence-corrected chi connectivity index (χ0v) is 12.4. The van der Waals surface area contributed by atoms with E-state index in [1.165, 1.54) is 10.5 Å². The second-order valence-corrected chi connectivity index (χ2v) is 6.34. The lowest BCUT2D eigenvalue weighted by atomic mass is 9.96. The van der Waals surface area contributed by atoms with E-state index in [-0.39, 0.29) is 18.2 Å². The molecule has 20 heavy (non-hydrogen) atoms. The third-order valence-corrected chi connectivity index (χ3v) is 4.39. The first-order valence-electron chi connectivity index (χ1n) is 6.73. The summed E-state index contributed by atoms with van der Waals surface area (Å²) in [5.74, 6) is 0.256. The smallest absolute Gasteiger partial charge is 0.303 e. The molecule has 0 spiro atoms. The minimum absolute atomic E-state index is 0.131. The fourth-order valence-corrected chi connectivity index (χ4v) is 3.04. The van der Waals surface area contributed by atoms with Gasteiger partial charge in [-0.05, 0) is 19.1 Å². The van der Waals surface area contributed by atoms with Crippen molar-refractivity contribution in [1.82, 2.24) is 4.90 Å². The first-order chi connectivity index (χ1) is 9.54. The van der Waals surface area contributed by atoms with Crippen LogP contribution in [0.3, 0.4) is 0 Å². The molecular formula is C15H19NO3S. The molecule has 0 aromatic heterocycles. The van der Waals surface area contributed by atoms with Gasteiger partial charge >= 0.3 is 5.97 Å². The van der Waals surface area contributed by atoms with Crippen LogP contribution in [0.4, 0.5) is 0 Å². The van der Waals surface area contributed by atoms with Gasteiger partial charge in [0.2, 0.25) is 5.91 Å².